The fraction of sp³-hybridized carbons (Fsp3) is 0.333. The number of allylic oxidation sites excluding steroid dienone is 1. The first kappa shape index (κ1) is 23.6. The van der Waals surface area contributed by atoms with Crippen molar-refractivity contribution in [3.8, 4) is 11.8 Å². The first-order valence-electron chi connectivity index (χ1n) is 8.58. The lowest BCUT2D eigenvalue weighted by atomic mass is 10.1. The molecule has 0 amide bonds. The Kier molecular flexibility index (Phi) is 9.38. The zero-order valence-electron chi connectivity index (χ0n) is 15.7. The number of alkyl halides is 1. The highest BCUT2D eigenvalue weighted by atomic mass is 127. The van der Waals surface area contributed by atoms with Crippen LogP contribution in [0.5, 0.6) is 5.75 Å². The van der Waals surface area contributed by atoms with Crippen molar-refractivity contribution in [3.63, 3.8) is 0 Å². The largest absolute Gasteiger partial charge is 0.380 e. The number of nitrogens with zero attached hydrogens (tertiary/aromatic N) is 3. The molecule has 0 unspecified atom stereocenters. The van der Waals surface area contributed by atoms with Crippen molar-refractivity contribution in [2.24, 2.45) is 0 Å². The predicted molar refractivity (Wildman–Crippen MR) is 124 cm³/mol. The summed E-state index contributed by atoms with van der Waals surface area (Å²) < 4.78 is 29.9. The predicted octanol–water partition coefficient (Wildman–Crippen LogP) is 5.71. The van der Waals surface area contributed by atoms with Gasteiger partial charge >= 0.3 is 0 Å². The first-order valence-corrected chi connectivity index (χ1v) is 12.9. The minimum absolute atomic E-state index is 0.00551. The monoisotopic (exact) mass is 552 g/mol. The van der Waals surface area contributed by atoms with Crippen molar-refractivity contribution >= 4 is 64.6 Å². The number of carbonyl (C=O) groups is 1. The molecule has 11 heteroatoms. The van der Waals surface area contributed by atoms with Crippen LogP contribution in [0.4, 0.5) is 14.6 Å². The Hall–Kier alpha value is -1.65. The van der Waals surface area contributed by atoms with Gasteiger partial charge in [-0.2, -0.15) is 5.26 Å². The van der Waals surface area contributed by atoms with Crippen molar-refractivity contribution in [2.75, 3.05) is 30.7 Å². The molecular weight excluding hydrogens is 533 g/mol. The number of Topliss-reactive ketones (excluding diaryl/α,β-unsaturated/α-hetero) is 1. The molecule has 156 valence electrons. The van der Waals surface area contributed by atoms with Crippen molar-refractivity contribution in [3.05, 3.63) is 35.7 Å². The Balaban J connectivity index is 2.49. The molecule has 1 N–H and O–H groups in total. The van der Waals surface area contributed by atoms with E-state index in [1.54, 1.807) is 28.1 Å². The van der Waals surface area contributed by atoms with Crippen LogP contribution in [-0.2, 0) is 0 Å². The van der Waals surface area contributed by atoms with Gasteiger partial charge in [0.15, 0.2) is 5.75 Å². The normalized spacial score (nSPS) is 11.4. The van der Waals surface area contributed by atoms with Gasteiger partial charge in [-0.3, -0.25) is 18.1 Å². The molecule has 0 fully saturated rings. The maximum absolute atomic E-state index is 13.1. The average molecular weight is 552 g/mol. The molecular formula is C18H19F2IN4O2S2. The maximum Gasteiger partial charge on any atom is 0.222 e. The number of carbonyl (C=O) groups excluding carboxylic acids is 1. The van der Waals surface area contributed by atoms with E-state index < -0.39 is 12.5 Å². The number of anilines is 1. The summed E-state index contributed by atoms with van der Waals surface area (Å²) in [6.07, 6.45) is 1.88. The van der Waals surface area contributed by atoms with E-state index in [2.05, 4.69) is 9.66 Å². The molecule has 0 bridgehead atoms. The number of hydrogen-bond donors (Lipinski definition) is 1. The highest BCUT2D eigenvalue weighted by Gasteiger charge is 2.22. The number of rotatable bonds is 11. The number of nitrogens with one attached hydrogen (secondary N) is 1. The van der Waals surface area contributed by atoms with E-state index in [1.807, 2.05) is 34.2 Å². The van der Waals surface area contributed by atoms with Crippen LogP contribution in [0.3, 0.4) is 0 Å². The van der Waals surface area contributed by atoms with E-state index in [0.29, 0.717) is 41.0 Å². The van der Waals surface area contributed by atoms with Crippen molar-refractivity contribution in [1.29, 1.82) is 5.26 Å². The average Bonchev–Trinajstić information content (AvgIpc) is 3.10. The van der Waals surface area contributed by atoms with Crippen LogP contribution in [0.15, 0.2) is 30.0 Å². The molecule has 29 heavy (non-hydrogen) atoms. The molecule has 1 aromatic heterocycles. The minimum atomic E-state index is -0.429. The van der Waals surface area contributed by atoms with Gasteiger partial charge in [-0.05, 0) is 31.5 Å². The molecule has 0 radical (unpaired) electrons. The Bertz CT molecular complexity index is 946. The molecule has 1 heterocycles. The molecule has 2 aromatic rings. The van der Waals surface area contributed by atoms with Gasteiger partial charge in [0.1, 0.15) is 17.3 Å². The zero-order valence-corrected chi connectivity index (χ0v) is 19.5. The quantitative estimate of drug-likeness (QED) is 0.0957. The minimum Gasteiger partial charge on any atom is -0.380 e. The van der Waals surface area contributed by atoms with Crippen LogP contribution in [0.2, 0.25) is 0 Å². The smallest absolute Gasteiger partial charge is 0.222 e. The summed E-state index contributed by atoms with van der Waals surface area (Å²) >= 11 is 3.27. The van der Waals surface area contributed by atoms with Gasteiger partial charge in [0.05, 0.1) is 17.9 Å². The number of hydrogen-bond acceptors (Lipinski definition) is 7. The molecule has 0 saturated carbocycles. The summed E-state index contributed by atoms with van der Waals surface area (Å²) in [5.74, 6) is 0.0390. The summed E-state index contributed by atoms with van der Waals surface area (Å²) in [6.45, 7) is 2.13. The molecule has 0 spiro atoms. The van der Waals surface area contributed by atoms with E-state index in [0.717, 1.165) is 0 Å². The third-order valence-electron chi connectivity index (χ3n) is 4.02. The van der Waals surface area contributed by atoms with E-state index in [4.69, 9.17) is 0 Å². The Morgan fingerprint density at radius 1 is 1.48 bits per heavy atom. The van der Waals surface area contributed by atoms with Crippen molar-refractivity contribution in [2.45, 2.75) is 13.3 Å². The lowest BCUT2D eigenvalue weighted by Gasteiger charge is -2.11. The molecule has 0 aliphatic heterocycles. The molecule has 1 aromatic carbocycles. The van der Waals surface area contributed by atoms with Gasteiger partial charge in [0, 0.05) is 65.8 Å². The van der Waals surface area contributed by atoms with Gasteiger partial charge in [-0.25, -0.2) is 0 Å². The second-order valence-corrected chi connectivity index (χ2v) is 8.51. The van der Waals surface area contributed by atoms with Gasteiger partial charge in [-0.1, -0.05) is 11.9 Å². The molecule has 0 aliphatic carbocycles. The fourth-order valence-electron chi connectivity index (χ4n) is 2.43. The fourth-order valence-corrected chi connectivity index (χ4v) is 4.82. The number of fused-ring (bicyclic) bond motifs is 1. The van der Waals surface area contributed by atoms with Crippen LogP contribution < -0.4 is 9.66 Å². The first-order chi connectivity index (χ1) is 14.0. The van der Waals surface area contributed by atoms with Crippen LogP contribution >= 0.6 is 42.3 Å². The van der Waals surface area contributed by atoms with Crippen molar-refractivity contribution in [1.82, 2.24) is 8.87 Å². The topological polar surface area (TPSA) is 70.3 Å². The Morgan fingerprint density at radius 2 is 2.24 bits per heavy atom. The Labute approximate surface area is 188 Å². The number of aromatic nitrogens is 1. The van der Waals surface area contributed by atoms with Crippen LogP contribution in [0.1, 0.15) is 23.8 Å². The standard InChI is InChI=1S/C18H19F2IN4O2S2/c1-3-24(2)11-13(10-22)18(26)16-7-12-8-17(27-20)14(23-28-6-4-5-19)9-15(12)25(16)29-21/h7-9,11,23H,3-6H2,1-2H3/b13-11+. The number of ketones is 1. The summed E-state index contributed by atoms with van der Waals surface area (Å²) in [5, 5.41) is 10.0. The number of halogens is 3. The summed E-state index contributed by atoms with van der Waals surface area (Å²) in [7, 11) is 3.04. The third kappa shape index (κ3) is 5.70. The molecule has 6 nitrogen and oxygen atoms in total. The second kappa shape index (κ2) is 11.5. The maximum atomic E-state index is 13.1. The van der Waals surface area contributed by atoms with Crippen LogP contribution in [-0.4, -0.2) is 40.7 Å². The number of benzene rings is 1. The highest BCUT2D eigenvalue weighted by molar-refractivity contribution is 14.2. The summed E-state index contributed by atoms with van der Waals surface area (Å²) in [6, 6.07) is 6.68. The summed E-state index contributed by atoms with van der Waals surface area (Å²) in [5.41, 5.74) is 1.33. The third-order valence-corrected chi connectivity index (χ3v) is 6.59. The lowest BCUT2D eigenvalue weighted by Crippen LogP contribution is -2.14. The molecule has 0 atom stereocenters. The van der Waals surface area contributed by atoms with Crippen LogP contribution in [0, 0.1) is 11.3 Å². The molecule has 2 rings (SSSR count). The van der Waals surface area contributed by atoms with Gasteiger partial charge in [-0.15, -0.1) is 0 Å². The van der Waals surface area contributed by atoms with E-state index in [-0.39, 0.29) is 11.3 Å². The van der Waals surface area contributed by atoms with Gasteiger partial charge < -0.3 is 9.62 Å². The van der Waals surface area contributed by atoms with E-state index >= 15 is 0 Å². The van der Waals surface area contributed by atoms with E-state index in [9.17, 15) is 19.0 Å². The Morgan fingerprint density at radius 3 is 2.83 bits per heavy atom. The highest BCUT2D eigenvalue weighted by Crippen LogP contribution is 2.37. The second-order valence-electron chi connectivity index (χ2n) is 5.93. The molecule has 0 saturated heterocycles. The van der Waals surface area contributed by atoms with Crippen LogP contribution in [0.25, 0.3) is 10.9 Å². The zero-order chi connectivity index (χ0) is 21.4. The van der Waals surface area contributed by atoms with E-state index in [1.165, 1.54) is 33.3 Å². The van der Waals surface area contributed by atoms with Gasteiger partial charge in [0.25, 0.3) is 0 Å². The lowest BCUT2D eigenvalue weighted by molar-refractivity contribution is -0.00504. The molecule has 0 aliphatic rings. The summed E-state index contributed by atoms with van der Waals surface area (Å²) in [4.78, 5) is 18.7. The SMILES string of the molecule is CCN(C)/C=C(\C#N)C(=O)c1cc2cc(OF)c(NSCCCF)cc2n1SI. The van der Waals surface area contributed by atoms with Crippen molar-refractivity contribution < 1.29 is 18.7 Å². The van der Waals surface area contributed by atoms with Gasteiger partial charge in [0.2, 0.25) is 5.78 Å². The number of nitriles is 1.